The van der Waals surface area contributed by atoms with Crippen molar-refractivity contribution in [3.05, 3.63) is 59.3 Å². The van der Waals surface area contributed by atoms with Crippen molar-refractivity contribution in [3.8, 4) is 5.82 Å². The maximum absolute atomic E-state index is 12.8. The second kappa shape index (κ2) is 6.82. The molecule has 142 valence electrons. The molecule has 0 aromatic carbocycles. The van der Waals surface area contributed by atoms with Crippen molar-refractivity contribution in [3.63, 3.8) is 0 Å². The van der Waals surface area contributed by atoms with Crippen LogP contribution in [0.25, 0.3) is 5.82 Å². The van der Waals surface area contributed by atoms with Gasteiger partial charge in [-0.1, -0.05) is 11.6 Å². The van der Waals surface area contributed by atoms with E-state index in [-0.39, 0.29) is 11.6 Å². The van der Waals surface area contributed by atoms with Crippen molar-refractivity contribution in [1.29, 1.82) is 0 Å². The lowest BCUT2D eigenvalue weighted by Crippen LogP contribution is -2.15. The van der Waals surface area contributed by atoms with Gasteiger partial charge in [-0.2, -0.15) is 13.2 Å². The molecule has 3 rings (SSSR count). The molecule has 3 aromatic rings. The first-order valence-corrected chi connectivity index (χ1v) is 8.15. The van der Waals surface area contributed by atoms with Gasteiger partial charge in [-0.15, -0.1) is 0 Å². The molecule has 0 spiro atoms. The van der Waals surface area contributed by atoms with Gasteiger partial charge in [-0.25, -0.2) is 15.0 Å². The van der Waals surface area contributed by atoms with E-state index < -0.39 is 17.3 Å². The molecule has 2 N–H and O–H groups in total. The van der Waals surface area contributed by atoms with Crippen LogP contribution < -0.4 is 5.32 Å². The van der Waals surface area contributed by atoms with Gasteiger partial charge >= 0.3 is 6.18 Å². The summed E-state index contributed by atoms with van der Waals surface area (Å²) in [4.78, 5) is 12.3. The number of alkyl halides is 3. The van der Waals surface area contributed by atoms with E-state index in [2.05, 4.69) is 20.3 Å². The van der Waals surface area contributed by atoms with Crippen molar-refractivity contribution in [2.75, 3.05) is 5.32 Å². The Bertz CT molecular complexity index is 966. The van der Waals surface area contributed by atoms with Crippen molar-refractivity contribution in [2.45, 2.75) is 25.6 Å². The van der Waals surface area contributed by atoms with Crippen LogP contribution >= 0.6 is 11.6 Å². The molecular formula is C17H15ClF3N5O. The summed E-state index contributed by atoms with van der Waals surface area (Å²) in [7, 11) is 0. The minimum absolute atomic E-state index is 0.0200. The second-order valence-electron chi connectivity index (χ2n) is 6.31. The molecule has 0 fully saturated rings. The van der Waals surface area contributed by atoms with E-state index in [0.29, 0.717) is 16.5 Å². The normalized spacial score (nSPS) is 12.3. The second-order valence-corrected chi connectivity index (χ2v) is 6.74. The van der Waals surface area contributed by atoms with E-state index in [0.717, 1.165) is 18.3 Å². The third-order valence-electron chi connectivity index (χ3n) is 3.59. The predicted octanol–water partition coefficient (Wildman–Crippen LogP) is 4.31. The zero-order chi connectivity index (χ0) is 19.8. The van der Waals surface area contributed by atoms with Gasteiger partial charge in [0.05, 0.1) is 11.3 Å². The number of rotatable bonds is 4. The SMILES string of the molecule is CC(C)(O)c1cn(-c2cc(Cl)cc(Nc3cc(C(F)(F)F)ccn3)n2)cn1. The largest absolute Gasteiger partial charge is 0.416 e. The van der Waals surface area contributed by atoms with Crippen LogP contribution in [0.1, 0.15) is 25.1 Å². The first-order chi connectivity index (χ1) is 12.5. The van der Waals surface area contributed by atoms with Gasteiger partial charge in [-0.3, -0.25) is 4.57 Å². The number of halogens is 4. The number of nitrogens with one attached hydrogen (secondary N) is 1. The number of anilines is 2. The Kier molecular flexibility index (Phi) is 4.83. The fourth-order valence-corrected chi connectivity index (χ4v) is 2.45. The molecular weight excluding hydrogens is 383 g/mol. The van der Waals surface area contributed by atoms with Crippen LogP contribution in [-0.4, -0.2) is 24.6 Å². The fourth-order valence-electron chi connectivity index (χ4n) is 2.25. The highest BCUT2D eigenvalue weighted by molar-refractivity contribution is 6.31. The molecule has 0 saturated heterocycles. The van der Waals surface area contributed by atoms with Crippen molar-refractivity contribution in [2.24, 2.45) is 0 Å². The van der Waals surface area contributed by atoms with Gasteiger partial charge in [0.25, 0.3) is 0 Å². The number of hydrogen-bond donors (Lipinski definition) is 2. The lowest BCUT2D eigenvalue weighted by molar-refractivity contribution is -0.137. The lowest BCUT2D eigenvalue weighted by Gasteiger charge is -2.13. The summed E-state index contributed by atoms with van der Waals surface area (Å²) in [5.74, 6) is 0.566. The van der Waals surface area contributed by atoms with E-state index in [1.54, 1.807) is 30.7 Å². The van der Waals surface area contributed by atoms with E-state index in [4.69, 9.17) is 11.6 Å². The van der Waals surface area contributed by atoms with Crippen LogP contribution in [0.3, 0.4) is 0 Å². The summed E-state index contributed by atoms with van der Waals surface area (Å²) in [6.07, 6.45) is -0.373. The minimum Gasteiger partial charge on any atom is -0.384 e. The Morgan fingerprint density at radius 2 is 1.85 bits per heavy atom. The van der Waals surface area contributed by atoms with E-state index in [1.165, 1.54) is 12.4 Å². The standard InChI is InChI=1S/C17H15ClF3N5O/c1-16(2,27)12-8-26(9-23-12)15-7-11(18)6-14(25-15)24-13-5-10(3-4-22-13)17(19,20)21/h3-9,27H,1-2H3,(H,22,24,25). The summed E-state index contributed by atoms with van der Waals surface area (Å²) < 4.78 is 40.0. The highest BCUT2D eigenvalue weighted by atomic mass is 35.5. The molecule has 0 atom stereocenters. The quantitative estimate of drug-likeness (QED) is 0.686. The number of hydrogen-bond acceptors (Lipinski definition) is 5. The van der Waals surface area contributed by atoms with Gasteiger partial charge in [0.1, 0.15) is 29.4 Å². The molecule has 27 heavy (non-hydrogen) atoms. The highest BCUT2D eigenvalue weighted by Crippen LogP contribution is 2.30. The molecule has 0 aliphatic heterocycles. The van der Waals surface area contributed by atoms with E-state index in [1.807, 2.05) is 0 Å². The van der Waals surface area contributed by atoms with Gasteiger partial charge in [0, 0.05) is 23.5 Å². The Morgan fingerprint density at radius 3 is 2.48 bits per heavy atom. The molecule has 0 unspecified atom stereocenters. The summed E-state index contributed by atoms with van der Waals surface area (Å²) in [6.45, 7) is 3.19. The Hall–Kier alpha value is -2.65. The molecule has 0 saturated carbocycles. The summed E-state index contributed by atoms with van der Waals surface area (Å²) >= 11 is 6.10. The van der Waals surface area contributed by atoms with Crippen LogP contribution in [0.15, 0.2) is 43.0 Å². The number of aliphatic hydroxyl groups is 1. The summed E-state index contributed by atoms with van der Waals surface area (Å²) in [6, 6.07) is 4.78. The van der Waals surface area contributed by atoms with Gasteiger partial charge in [0.15, 0.2) is 0 Å². The molecule has 6 nitrogen and oxygen atoms in total. The smallest absolute Gasteiger partial charge is 0.384 e. The van der Waals surface area contributed by atoms with Gasteiger partial charge in [0.2, 0.25) is 0 Å². The topological polar surface area (TPSA) is 75.9 Å². The first kappa shape index (κ1) is 19.1. The molecule has 3 heterocycles. The average Bonchev–Trinajstić information content (AvgIpc) is 3.04. The molecule has 0 bridgehead atoms. The van der Waals surface area contributed by atoms with Crippen LogP contribution in [-0.2, 0) is 11.8 Å². The van der Waals surface area contributed by atoms with Gasteiger partial charge in [-0.05, 0) is 32.0 Å². The first-order valence-electron chi connectivity index (χ1n) is 7.77. The Labute approximate surface area is 157 Å². The third-order valence-corrected chi connectivity index (χ3v) is 3.81. The summed E-state index contributed by atoms with van der Waals surface area (Å²) in [5, 5.41) is 13.0. The fraction of sp³-hybridized carbons (Fsp3) is 0.235. The number of imidazole rings is 1. The number of nitrogens with zero attached hydrogens (tertiary/aromatic N) is 4. The van der Waals surface area contributed by atoms with E-state index in [9.17, 15) is 18.3 Å². The maximum Gasteiger partial charge on any atom is 0.416 e. The Morgan fingerprint density at radius 1 is 1.11 bits per heavy atom. The minimum atomic E-state index is -4.48. The van der Waals surface area contributed by atoms with E-state index >= 15 is 0 Å². The monoisotopic (exact) mass is 397 g/mol. The molecule has 10 heteroatoms. The lowest BCUT2D eigenvalue weighted by atomic mass is 10.1. The Balaban J connectivity index is 1.91. The molecule has 0 radical (unpaired) electrons. The van der Waals surface area contributed by atoms with Crippen molar-refractivity contribution in [1.82, 2.24) is 19.5 Å². The third kappa shape index (κ3) is 4.55. The summed E-state index contributed by atoms with van der Waals surface area (Å²) in [5.41, 5.74) is -1.53. The van der Waals surface area contributed by atoms with Crippen LogP contribution in [0, 0.1) is 0 Å². The molecule has 0 amide bonds. The zero-order valence-corrected chi connectivity index (χ0v) is 15.0. The predicted molar refractivity (Wildman–Crippen MR) is 94.1 cm³/mol. The highest BCUT2D eigenvalue weighted by Gasteiger charge is 2.30. The van der Waals surface area contributed by atoms with Crippen LogP contribution in [0.4, 0.5) is 24.8 Å². The number of aromatic nitrogens is 4. The zero-order valence-electron chi connectivity index (χ0n) is 14.3. The maximum atomic E-state index is 12.8. The molecule has 0 aliphatic rings. The van der Waals surface area contributed by atoms with Gasteiger partial charge < -0.3 is 10.4 Å². The van der Waals surface area contributed by atoms with Crippen LogP contribution in [0.2, 0.25) is 5.02 Å². The average molecular weight is 398 g/mol. The van der Waals surface area contributed by atoms with Crippen LogP contribution in [0.5, 0.6) is 0 Å². The molecule has 3 aromatic heterocycles. The van der Waals surface area contributed by atoms with Crippen molar-refractivity contribution < 1.29 is 18.3 Å². The molecule has 0 aliphatic carbocycles. The number of pyridine rings is 2. The van der Waals surface area contributed by atoms with Crippen molar-refractivity contribution >= 4 is 23.2 Å².